The van der Waals surface area contributed by atoms with Gasteiger partial charge in [0.2, 0.25) is 0 Å². The van der Waals surface area contributed by atoms with E-state index in [1.807, 2.05) is 0 Å². The summed E-state index contributed by atoms with van der Waals surface area (Å²) in [5.41, 5.74) is 7.01. The van der Waals surface area contributed by atoms with E-state index in [2.05, 4.69) is 66.0 Å². The minimum absolute atomic E-state index is 0.407. The summed E-state index contributed by atoms with van der Waals surface area (Å²) in [5.74, 6) is 0.582. The highest BCUT2D eigenvalue weighted by molar-refractivity contribution is 14.1. The Labute approximate surface area is 106 Å². The highest BCUT2D eigenvalue weighted by atomic mass is 127. The van der Waals surface area contributed by atoms with Gasteiger partial charge in [0.05, 0.1) is 0 Å². The Hall–Kier alpha value is -0.130. The van der Waals surface area contributed by atoms with Gasteiger partial charge in [0, 0.05) is 22.7 Å². The van der Waals surface area contributed by atoms with Gasteiger partial charge < -0.3 is 11.1 Å². The van der Waals surface area contributed by atoms with E-state index >= 15 is 0 Å². The molecule has 0 aliphatic carbocycles. The van der Waals surface area contributed by atoms with Crippen LogP contribution in [0.2, 0.25) is 0 Å². The molecule has 0 amide bonds. The zero-order chi connectivity index (χ0) is 11.3. The van der Waals surface area contributed by atoms with Crippen LogP contribution in [0.25, 0.3) is 0 Å². The summed E-state index contributed by atoms with van der Waals surface area (Å²) in [6, 6.07) is 8.98. The molecule has 1 unspecified atom stereocenters. The summed E-state index contributed by atoms with van der Waals surface area (Å²) in [6.45, 7) is 5.98. The third-order valence-electron chi connectivity index (χ3n) is 2.54. The van der Waals surface area contributed by atoms with Crippen molar-refractivity contribution in [3.8, 4) is 0 Å². The second kappa shape index (κ2) is 6.45. The van der Waals surface area contributed by atoms with Crippen molar-refractivity contribution in [2.75, 3.05) is 6.54 Å². The van der Waals surface area contributed by atoms with Crippen molar-refractivity contribution in [1.29, 1.82) is 0 Å². The molecule has 84 valence electrons. The predicted molar refractivity (Wildman–Crippen MR) is 73.7 cm³/mol. The van der Waals surface area contributed by atoms with E-state index in [-0.39, 0.29) is 0 Å². The van der Waals surface area contributed by atoms with Crippen LogP contribution in [0.15, 0.2) is 24.3 Å². The average molecular weight is 318 g/mol. The molecule has 3 N–H and O–H groups in total. The van der Waals surface area contributed by atoms with E-state index < -0.39 is 0 Å². The summed E-state index contributed by atoms with van der Waals surface area (Å²) in [5, 5.41) is 3.48. The van der Waals surface area contributed by atoms with Crippen LogP contribution >= 0.6 is 22.6 Å². The van der Waals surface area contributed by atoms with Crippen LogP contribution in [0, 0.1) is 9.49 Å². The molecular weight excluding hydrogens is 299 g/mol. The number of rotatable bonds is 5. The van der Waals surface area contributed by atoms with Crippen LogP contribution in [-0.2, 0) is 6.54 Å². The van der Waals surface area contributed by atoms with E-state index in [1.165, 1.54) is 9.13 Å². The van der Waals surface area contributed by atoms with E-state index in [9.17, 15) is 0 Å². The van der Waals surface area contributed by atoms with Crippen molar-refractivity contribution in [2.45, 2.75) is 26.4 Å². The average Bonchev–Trinajstić information content (AvgIpc) is 2.21. The molecule has 15 heavy (non-hydrogen) atoms. The zero-order valence-electron chi connectivity index (χ0n) is 9.33. The van der Waals surface area contributed by atoms with Gasteiger partial charge in [0.1, 0.15) is 0 Å². The molecule has 1 aromatic rings. The highest BCUT2D eigenvalue weighted by Crippen LogP contribution is 2.07. The second-order valence-corrected chi connectivity index (χ2v) is 5.34. The van der Waals surface area contributed by atoms with E-state index in [1.54, 1.807) is 0 Å². The summed E-state index contributed by atoms with van der Waals surface area (Å²) >= 11 is 2.32. The quantitative estimate of drug-likeness (QED) is 0.818. The van der Waals surface area contributed by atoms with Gasteiger partial charge in [0.15, 0.2) is 0 Å². The fourth-order valence-electron chi connectivity index (χ4n) is 1.44. The van der Waals surface area contributed by atoms with Crippen LogP contribution in [0.1, 0.15) is 19.4 Å². The molecule has 0 saturated carbocycles. The maximum Gasteiger partial charge on any atom is 0.0216 e. The SMILES string of the molecule is CC(C)C(CN)NCc1ccc(I)cc1. The molecule has 0 spiro atoms. The molecule has 2 nitrogen and oxygen atoms in total. The number of nitrogens with two attached hydrogens (primary N) is 1. The normalized spacial score (nSPS) is 13.1. The van der Waals surface area contributed by atoms with Gasteiger partial charge in [-0.25, -0.2) is 0 Å². The lowest BCUT2D eigenvalue weighted by molar-refractivity contribution is 0.405. The Kier molecular flexibility index (Phi) is 5.56. The Morgan fingerprint density at radius 2 is 1.87 bits per heavy atom. The Morgan fingerprint density at radius 1 is 1.27 bits per heavy atom. The number of hydrogen-bond acceptors (Lipinski definition) is 2. The molecule has 1 aromatic carbocycles. The van der Waals surface area contributed by atoms with Crippen molar-refractivity contribution in [3.63, 3.8) is 0 Å². The molecule has 0 aliphatic heterocycles. The standard InChI is InChI=1S/C12H19IN2/c1-9(2)12(7-14)15-8-10-3-5-11(13)6-4-10/h3-6,9,12,15H,7-8,14H2,1-2H3. The molecule has 3 heteroatoms. The molecule has 1 atom stereocenters. The largest absolute Gasteiger partial charge is 0.329 e. The van der Waals surface area contributed by atoms with E-state index in [0.717, 1.165) is 6.54 Å². The molecule has 0 aromatic heterocycles. The summed E-state index contributed by atoms with van der Waals surface area (Å²) in [6.07, 6.45) is 0. The molecule has 0 heterocycles. The van der Waals surface area contributed by atoms with Gasteiger partial charge >= 0.3 is 0 Å². The molecule has 0 aliphatic rings. The molecule has 0 bridgehead atoms. The van der Waals surface area contributed by atoms with Crippen LogP contribution in [0.4, 0.5) is 0 Å². The van der Waals surface area contributed by atoms with Crippen LogP contribution < -0.4 is 11.1 Å². The first kappa shape index (κ1) is 12.9. The number of hydrogen-bond donors (Lipinski definition) is 2. The summed E-state index contributed by atoms with van der Waals surface area (Å²) in [4.78, 5) is 0. The fourth-order valence-corrected chi connectivity index (χ4v) is 1.80. The first-order valence-corrected chi connectivity index (χ1v) is 6.39. The van der Waals surface area contributed by atoms with Crippen molar-refractivity contribution in [1.82, 2.24) is 5.32 Å². The molecule has 0 fully saturated rings. The maximum absolute atomic E-state index is 5.70. The van der Waals surface area contributed by atoms with Gasteiger partial charge in [-0.3, -0.25) is 0 Å². The summed E-state index contributed by atoms with van der Waals surface area (Å²) in [7, 11) is 0. The Balaban J connectivity index is 2.45. The van der Waals surface area contributed by atoms with Crippen molar-refractivity contribution in [2.24, 2.45) is 11.7 Å². The third-order valence-corrected chi connectivity index (χ3v) is 3.26. The third kappa shape index (κ3) is 4.49. The molecule has 1 rings (SSSR count). The van der Waals surface area contributed by atoms with Gasteiger partial charge in [-0.15, -0.1) is 0 Å². The minimum atomic E-state index is 0.407. The van der Waals surface area contributed by atoms with Crippen LogP contribution in [0.5, 0.6) is 0 Å². The van der Waals surface area contributed by atoms with Crippen LogP contribution in [-0.4, -0.2) is 12.6 Å². The minimum Gasteiger partial charge on any atom is -0.329 e. The maximum atomic E-state index is 5.70. The lowest BCUT2D eigenvalue weighted by Gasteiger charge is -2.20. The molecule has 0 radical (unpaired) electrons. The van der Waals surface area contributed by atoms with E-state index in [0.29, 0.717) is 18.5 Å². The van der Waals surface area contributed by atoms with Crippen molar-refractivity contribution < 1.29 is 0 Å². The van der Waals surface area contributed by atoms with Gasteiger partial charge in [-0.2, -0.15) is 0 Å². The topological polar surface area (TPSA) is 38.0 Å². The predicted octanol–water partition coefficient (Wildman–Crippen LogP) is 2.36. The zero-order valence-corrected chi connectivity index (χ0v) is 11.5. The molecule has 0 saturated heterocycles. The lowest BCUT2D eigenvalue weighted by Crippen LogP contribution is -2.39. The molecular formula is C12H19IN2. The number of halogens is 1. The van der Waals surface area contributed by atoms with Crippen molar-refractivity contribution in [3.05, 3.63) is 33.4 Å². The smallest absolute Gasteiger partial charge is 0.0216 e. The first-order valence-electron chi connectivity index (χ1n) is 5.31. The second-order valence-electron chi connectivity index (χ2n) is 4.09. The van der Waals surface area contributed by atoms with E-state index in [4.69, 9.17) is 5.73 Å². The lowest BCUT2D eigenvalue weighted by atomic mass is 10.0. The number of nitrogens with one attached hydrogen (secondary N) is 1. The van der Waals surface area contributed by atoms with Crippen LogP contribution in [0.3, 0.4) is 0 Å². The Bertz CT molecular complexity index is 282. The summed E-state index contributed by atoms with van der Waals surface area (Å²) < 4.78 is 1.27. The first-order chi connectivity index (χ1) is 7.13. The fraction of sp³-hybridized carbons (Fsp3) is 0.500. The number of benzene rings is 1. The van der Waals surface area contributed by atoms with Crippen molar-refractivity contribution >= 4 is 22.6 Å². The van der Waals surface area contributed by atoms with Gasteiger partial charge in [0.25, 0.3) is 0 Å². The van der Waals surface area contributed by atoms with Gasteiger partial charge in [-0.05, 0) is 46.2 Å². The van der Waals surface area contributed by atoms with Gasteiger partial charge in [-0.1, -0.05) is 26.0 Å². The monoisotopic (exact) mass is 318 g/mol. The highest BCUT2D eigenvalue weighted by Gasteiger charge is 2.09. The Morgan fingerprint density at radius 3 is 2.33 bits per heavy atom.